The van der Waals surface area contributed by atoms with Gasteiger partial charge in [-0.1, -0.05) is 18.2 Å². The highest BCUT2D eigenvalue weighted by molar-refractivity contribution is 5.98. The van der Waals surface area contributed by atoms with E-state index in [1.165, 1.54) is 19.3 Å². The Bertz CT molecular complexity index is 673. The second-order valence-electron chi connectivity index (χ2n) is 5.73. The number of carbonyl (C=O) groups excluding carboxylic acids is 2. The summed E-state index contributed by atoms with van der Waals surface area (Å²) in [5, 5.41) is 10.2. The third-order valence-electron chi connectivity index (χ3n) is 3.72. The minimum Gasteiger partial charge on any atom is -0.507 e. The number of allylic oxidation sites excluding steroid dienone is 3. The molecule has 0 aromatic heterocycles. The highest BCUT2D eigenvalue weighted by Crippen LogP contribution is 2.29. The molecule has 1 N–H and O–H groups in total. The summed E-state index contributed by atoms with van der Waals surface area (Å²) in [7, 11) is 1.46. The topological polar surface area (TPSA) is 72.8 Å². The molecule has 1 aliphatic heterocycles. The van der Waals surface area contributed by atoms with Crippen LogP contribution in [0.3, 0.4) is 0 Å². The number of phenols is 1. The van der Waals surface area contributed by atoms with Gasteiger partial charge in [-0.25, -0.2) is 4.79 Å². The van der Waals surface area contributed by atoms with Crippen LogP contribution in [0, 0.1) is 0 Å². The van der Waals surface area contributed by atoms with Crippen molar-refractivity contribution < 1.29 is 24.2 Å². The smallest absolute Gasteiger partial charge is 0.342 e. The Hall–Kier alpha value is -2.56. The molecule has 1 aliphatic rings. The van der Waals surface area contributed by atoms with E-state index in [4.69, 9.17) is 9.47 Å². The second kappa shape index (κ2) is 8.34. The van der Waals surface area contributed by atoms with Gasteiger partial charge < -0.3 is 14.6 Å². The van der Waals surface area contributed by atoms with Crippen LogP contribution in [0.5, 0.6) is 11.5 Å². The molecule has 0 saturated heterocycles. The number of cyclic esters (lactones) is 1. The van der Waals surface area contributed by atoms with Crippen molar-refractivity contribution in [2.45, 2.75) is 38.7 Å². The van der Waals surface area contributed by atoms with Gasteiger partial charge in [0.05, 0.1) is 7.11 Å². The summed E-state index contributed by atoms with van der Waals surface area (Å²) in [6, 6.07) is 2.92. The van der Waals surface area contributed by atoms with Gasteiger partial charge in [0, 0.05) is 18.9 Å². The lowest BCUT2D eigenvalue weighted by Crippen LogP contribution is -2.17. The number of methoxy groups -OCH3 is 1. The Balaban J connectivity index is 2.42. The molecule has 0 spiro atoms. The average Bonchev–Trinajstić information content (AvgIpc) is 2.52. The molecule has 0 radical (unpaired) electrons. The molecule has 0 saturated carbocycles. The van der Waals surface area contributed by atoms with Crippen LogP contribution in [-0.4, -0.2) is 30.1 Å². The maximum absolute atomic E-state index is 12.4. The lowest BCUT2D eigenvalue weighted by atomic mass is 10.00. The third kappa shape index (κ3) is 4.72. The summed E-state index contributed by atoms with van der Waals surface area (Å²) in [5.41, 5.74) is 0.414. The Morgan fingerprint density at radius 2 is 1.92 bits per heavy atom. The first kappa shape index (κ1) is 17.8. The van der Waals surface area contributed by atoms with Gasteiger partial charge in [-0.3, -0.25) is 4.79 Å². The highest BCUT2D eigenvalue weighted by atomic mass is 16.5. The highest BCUT2D eigenvalue weighted by Gasteiger charge is 2.22. The third-order valence-corrected chi connectivity index (χ3v) is 3.72. The van der Waals surface area contributed by atoms with Crippen LogP contribution in [-0.2, 0) is 16.0 Å². The molecule has 1 heterocycles. The van der Waals surface area contributed by atoms with Crippen LogP contribution >= 0.6 is 0 Å². The van der Waals surface area contributed by atoms with Gasteiger partial charge in [-0.2, -0.15) is 0 Å². The van der Waals surface area contributed by atoms with Gasteiger partial charge in [0.15, 0.2) is 5.78 Å². The van der Waals surface area contributed by atoms with Gasteiger partial charge >= 0.3 is 5.97 Å². The molecule has 0 fully saturated rings. The van der Waals surface area contributed by atoms with Crippen LogP contribution in [0.1, 0.15) is 42.1 Å². The quantitative estimate of drug-likeness (QED) is 0.631. The van der Waals surface area contributed by atoms with Crippen LogP contribution in [0.4, 0.5) is 0 Å². The molecule has 1 aromatic carbocycles. The van der Waals surface area contributed by atoms with E-state index in [-0.39, 0.29) is 29.6 Å². The minimum absolute atomic E-state index is 0.00405. The van der Waals surface area contributed by atoms with E-state index >= 15 is 0 Å². The monoisotopic (exact) mass is 330 g/mol. The maximum atomic E-state index is 12.4. The number of rotatable bonds is 1. The number of fused-ring (bicyclic) bond motifs is 1. The summed E-state index contributed by atoms with van der Waals surface area (Å²) < 4.78 is 10.5. The lowest BCUT2D eigenvalue weighted by molar-refractivity contribution is -0.114. The second-order valence-corrected chi connectivity index (χ2v) is 5.73. The SMILES string of the molecule is COc1cc(O)c2c(c1)CC(=O)C=CCCC=CC[C@@H](C)OC2=O. The van der Waals surface area contributed by atoms with Crippen LogP contribution in [0.25, 0.3) is 0 Å². The first-order chi connectivity index (χ1) is 11.5. The fourth-order valence-corrected chi connectivity index (χ4v) is 2.50. The Kier molecular flexibility index (Phi) is 6.18. The molecule has 0 bridgehead atoms. The molecule has 5 heteroatoms. The largest absolute Gasteiger partial charge is 0.507 e. The van der Waals surface area contributed by atoms with Crippen molar-refractivity contribution in [1.29, 1.82) is 0 Å². The van der Waals surface area contributed by atoms with Gasteiger partial charge in [0.2, 0.25) is 0 Å². The van der Waals surface area contributed by atoms with Gasteiger partial charge in [-0.05, 0) is 37.5 Å². The fourth-order valence-electron chi connectivity index (χ4n) is 2.50. The van der Waals surface area contributed by atoms with Crippen molar-refractivity contribution in [3.05, 3.63) is 47.6 Å². The maximum Gasteiger partial charge on any atom is 0.342 e. The number of esters is 1. The number of aromatic hydroxyl groups is 1. The summed E-state index contributed by atoms with van der Waals surface area (Å²) in [4.78, 5) is 24.6. The molecule has 0 aliphatic carbocycles. The summed E-state index contributed by atoms with van der Waals surface area (Å²) in [6.45, 7) is 1.79. The molecule has 0 amide bonds. The van der Waals surface area contributed by atoms with Crippen molar-refractivity contribution in [3.63, 3.8) is 0 Å². The Morgan fingerprint density at radius 3 is 2.67 bits per heavy atom. The van der Waals surface area contributed by atoms with Crippen molar-refractivity contribution in [2.24, 2.45) is 0 Å². The number of benzene rings is 1. The molecular weight excluding hydrogens is 308 g/mol. The Labute approximate surface area is 141 Å². The van der Waals surface area contributed by atoms with E-state index < -0.39 is 5.97 Å². The van der Waals surface area contributed by atoms with E-state index in [9.17, 15) is 14.7 Å². The van der Waals surface area contributed by atoms with Gasteiger partial charge in [0.1, 0.15) is 23.2 Å². The zero-order valence-corrected chi connectivity index (χ0v) is 14.0. The van der Waals surface area contributed by atoms with E-state index in [0.717, 1.165) is 12.8 Å². The zero-order valence-electron chi connectivity index (χ0n) is 14.0. The summed E-state index contributed by atoms with van der Waals surface area (Å²) in [5.74, 6) is -0.653. The molecule has 5 nitrogen and oxygen atoms in total. The van der Waals surface area contributed by atoms with E-state index in [0.29, 0.717) is 17.7 Å². The number of hydrogen-bond donors (Lipinski definition) is 1. The summed E-state index contributed by atoms with van der Waals surface area (Å²) in [6.07, 6.45) is 9.15. The van der Waals surface area contributed by atoms with Crippen LogP contribution in [0.15, 0.2) is 36.4 Å². The summed E-state index contributed by atoms with van der Waals surface area (Å²) >= 11 is 0. The molecule has 128 valence electrons. The van der Waals surface area contributed by atoms with Crippen LogP contribution < -0.4 is 4.74 Å². The number of hydrogen-bond acceptors (Lipinski definition) is 5. The molecular formula is C19H22O5. The first-order valence-electron chi connectivity index (χ1n) is 7.96. The average molecular weight is 330 g/mol. The van der Waals surface area contributed by atoms with Gasteiger partial charge in [-0.15, -0.1) is 0 Å². The lowest BCUT2D eigenvalue weighted by Gasteiger charge is -2.16. The van der Waals surface area contributed by atoms with Crippen molar-refractivity contribution in [2.75, 3.05) is 7.11 Å². The van der Waals surface area contributed by atoms with E-state index in [2.05, 4.69) is 0 Å². The standard InChI is InChI=1S/C19H22O5/c1-13-8-6-4-3-5-7-9-15(20)10-14-11-16(23-2)12-17(21)18(14)19(22)24-13/h4,6-7,9,11-13,21H,3,5,8,10H2,1-2H3/t13-/m1/s1. The molecule has 1 atom stereocenters. The molecule has 24 heavy (non-hydrogen) atoms. The Morgan fingerprint density at radius 1 is 1.17 bits per heavy atom. The molecule has 0 unspecified atom stereocenters. The van der Waals surface area contributed by atoms with E-state index in [1.54, 1.807) is 13.0 Å². The number of ether oxygens (including phenoxy) is 2. The molecule has 2 rings (SSSR count). The predicted octanol–water partition coefficient (Wildman–Crippen LogP) is 3.35. The normalized spacial score (nSPS) is 19.3. The van der Waals surface area contributed by atoms with Crippen molar-refractivity contribution >= 4 is 11.8 Å². The zero-order chi connectivity index (χ0) is 17.5. The fraction of sp³-hybridized carbons (Fsp3) is 0.368. The minimum atomic E-state index is -0.639. The number of carbonyl (C=O) groups is 2. The van der Waals surface area contributed by atoms with Crippen molar-refractivity contribution in [3.8, 4) is 11.5 Å². The van der Waals surface area contributed by atoms with Crippen LogP contribution in [0.2, 0.25) is 0 Å². The number of phenolic OH excluding ortho intramolecular Hbond substituents is 1. The first-order valence-corrected chi connectivity index (χ1v) is 7.96. The van der Waals surface area contributed by atoms with Gasteiger partial charge in [0.25, 0.3) is 0 Å². The number of ketones is 1. The van der Waals surface area contributed by atoms with E-state index in [1.807, 2.05) is 18.2 Å². The predicted molar refractivity (Wildman–Crippen MR) is 90.4 cm³/mol. The molecule has 1 aromatic rings. The van der Waals surface area contributed by atoms with Crippen molar-refractivity contribution in [1.82, 2.24) is 0 Å².